The number of nitrogens with zero attached hydrogens (tertiary/aromatic N) is 1. The molecule has 5 heteroatoms. The molecular weight excluding hydrogens is 316 g/mol. The molecule has 0 saturated heterocycles. The average Bonchev–Trinajstić information content (AvgIpc) is 2.58. The van der Waals surface area contributed by atoms with E-state index in [2.05, 4.69) is 0 Å². The number of anilines is 1. The Morgan fingerprint density at radius 1 is 1.00 bits per heavy atom. The molecule has 5 nitrogen and oxygen atoms in total. The molecule has 0 heterocycles. The van der Waals surface area contributed by atoms with Crippen molar-refractivity contribution in [3.63, 3.8) is 0 Å². The van der Waals surface area contributed by atoms with Crippen LogP contribution in [0.3, 0.4) is 0 Å². The summed E-state index contributed by atoms with van der Waals surface area (Å²) in [7, 11) is 0. The highest BCUT2D eigenvalue weighted by Gasteiger charge is 2.35. The van der Waals surface area contributed by atoms with Crippen molar-refractivity contribution in [3.05, 3.63) is 66.2 Å². The first-order valence-electron chi connectivity index (χ1n) is 8.18. The fraction of sp³-hybridized carbons (Fsp3) is 0.300. The Balaban J connectivity index is 2.54. The van der Waals surface area contributed by atoms with Crippen LogP contribution < -0.4 is 10.6 Å². The molecule has 0 aromatic heterocycles. The maximum Gasteiger partial charge on any atom is 0.334 e. The van der Waals surface area contributed by atoms with E-state index in [0.29, 0.717) is 11.3 Å². The SMILES string of the molecule is CC(C)(C)OC(=O)[C@H](c1ccccc1)N(C(=O)CN)c1ccccc1. The van der Waals surface area contributed by atoms with Crippen molar-refractivity contribution in [2.75, 3.05) is 11.4 Å². The third-order valence-corrected chi connectivity index (χ3v) is 3.48. The van der Waals surface area contributed by atoms with Crippen molar-refractivity contribution >= 4 is 17.6 Å². The van der Waals surface area contributed by atoms with E-state index in [0.717, 1.165) is 0 Å². The lowest BCUT2D eigenvalue weighted by atomic mass is 10.0. The Bertz CT molecular complexity index is 709. The Morgan fingerprint density at radius 3 is 2.00 bits per heavy atom. The Labute approximate surface area is 148 Å². The van der Waals surface area contributed by atoms with Crippen molar-refractivity contribution in [3.8, 4) is 0 Å². The zero-order chi connectivity index (χ0) is 18.4. The van der Waals surface area contributed by atoms with Gasteiger partial charge in [-0.1, -0.05) is 48.5 Å². The van der Waals surface area contributed by atoms with Gasteiger partial charge in [0.2, 0.25) is 5.91 Å². The zero-order valence-corrected chi connectivity index (χ0v) is 14.8. The van der Waals surface area contributed by atoms with Crippen molar-refractivity contribution < 1.29 is 14.3 Å². The summed E-state index contributed by atoms with van der Waals surface area (Å²) in [5.41, 5.74) is 6.21. The molecule has 0 bridgehead atoms. The largest absolute Gasteiger partial charge is 0.458 e. The van der Waals surface area contributed by atoms with Gasteiger partial charge in [0.15, 0.2) is 6.04 Å². The molecule has 25 heavy (non-hydrogen) atoms. The van der Waals surface area contributed by atoms with E-state index in [1.807, 2.05) is 36.4 Å². The number of ether oxygens (including phenoxy) is 1. The number of amides is 1. The molecule has 0 fully saturated rings. The van der Waals surface area contributed by atoms with Crippen LogP contribution in [0.2, 0.25) is 0 Å². The van der Waals surface area contributed by atoms with Gasteiger partial charge in [-0.25, -0.2) is 4.79 Å². The molecule has 0 aliphatic carbocycles. The van der Waals surface area contributed by atoms with Crippen LogP contribution >= 0.6 is 0 Å². The summed E-state index contributed by atoms with van der Waals surface area (Å²) in [6.07, 6.45) is 0. The van der Waals surface area contributed by atoms with Crippen LogP contribution in [0.25, 0.3) is 0 Å². The zero-order valence-electron chi connectivity index (χ0n) is 14.8. The molecule has 0 saturated carbocycles. The van der Waals surface area contributed by atoms with Crippen LogP contribution in [0, 0.1) is 0 Å². The van der Waals surface area contributed by atoms with E-state index in [-0.39, 0.29) is 12.5 Å². The summed E-state index contributed by atoms with van der Waals surface area (Å²) in [4.78, 5) is 26.9. The maximum absolute atomic E-state index is 12.9. The van der Waals surface area contributed by atoms with Gasteiger partial charge in [0.05, 0.1) is 6.54 Å². The van der Waals surface area contributed by atoms with Gasteiger partial charge in [-0.3, -0.25) is 9.69 Å². The minimum absolute atomic E-state index is 0.207. The van der Waals surface area contributed by atoms with Gasteiger partial charge in [-0.05, 0) is 38.5 Å². The third-order valence-electron chi connectivity index (χ3n) is 3.48. The van der Waals surface area contributed by atoms with Crippen LogP contribution in [-0.2, 0) is 14.3 Å². The number of para-hydroxylation sites is 1. The molecule has 132 valence electrons. The summed E-state index contributed by atoms with van der Waals surface area (Å²) < 4.78 is 5.58. The molecule has 0 aliphatic rings. The number of hydrogen-bond donors (Lipinski definition) is 1. The van der Waals surface area contributed by atoms with Gasteiger partial charge in [-0.15, -0.1) is 0 Å². The van der Waals surface area contributed by atoms with E-state index in [4.69, 9.17) is 10.5 Å². The van der Waals surface area contributed by atoms with E-state index in [9.17, 15) is 9.59 Å². The Hall–Kier alpha value is -2.66. The molecular formula is C20H24N2O3. The predicted octanol–water partition coefficient (Wildman–Crippen LogP) is 3.06. The molecule has 1 amide bonds. The molecule has 2 rings (SSSR count). The molecule has 2 N–H and O–H groups in total. The third kappa shape index (κ3) is 4.90. The predicted molar refractivity (Wildman–Crippen MR) is 98.0 cm³/mol. The van der Waals surface area contributed by atoms with E-state index in [1.54, 1.807) is 45.0 Å². The molecule has 0 radical (unpaired) electrons. The minimum atomic E-state index is -0.904. The number of benzene rings is 2. The van der Waals surface area contributed by atoms with E-state index < -0.39 is 17.6 Å². The summed E-state index contributed by atoms with van der Waals surface area (Å²) in [5.74, 6) is -0.852. The van der Waals surface area contributed by atoms with Crippen molar-refractivity contribution in [2.45, 2.75) is 32.4 Å². The monoisotopic (exact) mass is 340 g/mol. The molecule has 0 spiro atoms. The van der Waals surface area contributed by atoms with Crippen molar-refractivity contribution in [1.29, 1.82) is 0 Å². The highest BCUT2D eigenvalue weighted by atomic mass is 16.6. The second-order valence-electron chi connectivity index (χ2n) is 6.65. The number of carbonyl (C=O) groups excluding carboxylic acids is 2. The van der Waals surface area contributed by atoms with Crippen LogP contribution in [-0.4, -0.2) is 24.0 Å². The molecule has 0 unspecified atom stereocenters. The lowest BCUT2D eigenvalue weighted by Crippen LogP contribution is -2.44. The molecule has 2 aromatic carbocycles. The highest BCUT2D eigenvalue weighted by Crippen LogP contribution is 2.30. The minimum Gasteiger partial charge on any atom is -0.458 e. The summed E-state index contributed by atoms with van der Waals surface area (Å²) in [6, 6.07) is 17.2. The highest BCUT2D eigenvalue weighted by molar-refractivity contribution is 6.01. The van der Waals surface area contributed by atoms with Gasteiger partial charge in [0.1, 0.15) is 5.60 Å². The van der Waals surface area contributed by atoms with Gasteiger partial charge in [0, 0.05) is 5.69 Å². The number of rotatable bonds is 5. The van der Waals surface area contributed by atoms with E-state index in [1.165, 1.54) is 4.90 Å². The Morgan fingerprint density at radius 2 is 1.52 bits per heavy atom. The molecule has 1 atom stereocenters. The molecule has 2 aromatic rings. The fourth-order valence-corrected chi connectivity index (χ4v) is 2.51. The van der Waals surface area contributed by atoms with Gasteiger partial charge in [-0.2, -0.15) is 0 Å². The average molecular weight is 340 g/mol. The van der Waals surface area contributed by atoms with Crippen molar-refractivity contribution in [2.24, 2.45) is 5.73 Å². The second-order valence-corrected chi connectivity index (χ2v) is 6.65. The fourth-order valence-electron chi connectivity index (χ4n) is 2.51. The number of carbonyl (C=O) groups is 2. The van der Waals surface area contributed by atoms with Crippen LogP contribution in [0.1, 0.15) is 32.4 Å². The Kier molecular flexibility index (Phi) is 5.93. The van der Waals surface area contributed by atoms with Crippen molar-refractivity contribution in [1.82, 2.24) is 0 Å². The van der Waals surface area contributed by atoms with Gasteiger partial charge in [0.25, 0.3) is 0 Å². The first kappa shape index (κ1) is 18.7. The number of hydrogen-bond acceptors (Lipinski definition) is 4. The number of nitrogens with two attached hydrogens (primary N) is 1. The summed E-state index contributed by atoms with van der Waals surface area (Å²) >= 11 is 0. The standard InChI is InChI=1S/C20H24N2O3/c1-20(2,3)25-19(24)18(15-10-6-4-7-11-15)22(17(23)14-21)16-12-8-5-9-13-16/h4-13,18H,14,21H2,1-3H3/t18-/m0/s1. The summed E-state index contributed by atoms with van der Waals surface area (Å²) in [6.45, 7) is 5.18. The lowest BCUT2D eigenvalue weighted by molar-refractivity contribution is -0.157. The first-order chi connectivity index (χ1) is 11.8. The number of esters is 1. The summed E-state index contributed by atoms with van der Waals surface area (Å²) in [5, 5.41) is 0. The van der Waals surface area contributed by atoms with E-state index >= 15 is 0 Å². The van der Waals surface area contributed by atoms with Crippen LogP contribution in [0.4, 0.5) is 5.69 Å². The quantitative estimate of drug-likeness (QED) is 0.849. The lowest BCUT2D eigenvalue weighted by Gasteiger charge is -2.32. The second kappa shape index (κ2) is 7.94. The maximum atomic E-state index is 12.9. The first-order valence-corrected chi connectivity index (χ1v) is 8.18. The van der Waals surface area contributed by atoms with Gasteiger partial charge >= 0.3 is 5.97 Å². The smallest absolute Gasteiger partial charge is 0.334 e. The van der Waals surface area contributed by atoms with Gasteiger partial charge < -0.3 is 10.5 Å². The normalized spacial score (nSPS) is 12.3. The van der Waals surface area contributed by atoms with Crippen LogP contribution in [0.5, 0.6) is 0 Å². The topological polar surface area (TPSA) is 72.6 Å². The molecule has 0 aliphatic heterocycles. The van der Waals surface area contributed by atoms with Crippen LogP contribution in [0.15, 0.2) is 60.7 Å².